The summed E-state index contributed by atoms with van der Waals surface area (Å²) in [6.45, 7) is 3.66. The second-order valence-electron chi connectivity index (χ2n) is 3.54. The average Bonchev–Trinajstić information content (AvgIpc) is 2.66. The van der Waals surface area contributed by atoms with E-state index in [4.69, 9.17) is 11.6 Å². The molecular weight excluding hydrogens is 247 g/mol. The third-order valence-corrected chi connectivity index (χ3v) is 3.61. The van der Waals surface area contributed by atoms with Gasteiger partial charge in [0.2, 0.25) is 0 Å². The molecule has 2 nitrogen and oxygen atoms in total. The smallest absolute Gasteiger partial charge is 0.150 e. The van der Waals surface area contributed by atoms with E-state index < -0.39 is 0 Å². The Balaban J connectivity index is 2.42. The second kappa shape index (κ2) is 4.47. The fraction of sp³-hybridized carbons (Fsp3) is 0.273. The van der Waals surface area contributed by atoms with Gasteiger partial charge in [-0.25, -0.2) is 4.39 Å². The van der Waals surface area contributed by atoms with Crippen LogP contribution in [0.25, 0.3) is 10.6 Å². The molecule has 1 atom stereocenters. The minimum atomic E-state index is -0.273. The first-order valence-corrected chi connectivity index (χ1v) is 6.07. The summed E-state index contributed by atoms with van der Waals surface area (Å²) >= 11 is 7.20. The molecule has 0 bridgehead atoms. The van der Waals surface area contributed by atoms with E-state index in [1.165, 1.54) is 17.4 Å². The Bertz CT molecular complexity index is 510. The van der Waals surface area contributed by atoms with Gasteiger partial charge in [0, 0.05) is 5.56 Å². The molecular formula is C11H10ClFN2S. The predicted octanol–water partition coefficient (Wildman–Crippen LogP) is 3.95. The molecule has 2 rings (SSSR count). The van der Waals surface area contributed by atoms with Crippen molar-refractivity contribution >= 4 is 22.9 Å². The van der Waals surface area contributed by atoms with E-state index in [1.54, 1.807) is 6.07 Å². The van der Waals surface area contributed by atoms with Crippen LogP contribution in [-0.2, 0) is 0 Å². The zero-order valence-electron chi connectivity index (χ0n) is 8.87. The van der Waals surface area contributed by atoms with Crippen molar-refractivity contribution in [2.45, 2.75) is 19.2 Å². The van der Waals surface area contributed by atoms with Crippen LogP contribution in [-0.4, -0.2) is 10.2 Å². The fourth-order valence-corrected chi connectivity index (χ4v) is 2.27. The molecule has 0 aliphatic carbocycles. The van der Waals surface area contributed by atoms with E-state index in [0.29, 0.717) is 15.6 Å². The average molecular weight is 257 g/mol. The first-order chi connectivity index (χ1) is 7.58. The molecule has 1 unspecified atom stereocenters. The summed E-state index contributed by atoms with van der Waals surface area (Å²) in [7, 11) is 0. The van der Waals surface area contributed by atoms with Gasteiger partial charge in [-0.3, -0.25) is 0 Å². The lowest BCUT2D eigenvalue weighted by atomic mass is 10.1. The van der Waals surface area contributed by atoms with Crippen LogP contribution in [0.2, 0.25) is 0 Å². The Hall–Kier alpha value is -1.00. The lowest BCUT2D eigenvalue weighted by molar-refractivity contribution is 0.630. The summed E-state index contributed by atoms with van der Waals surface area (Å²) in [6.07, 6.45) is 0. The second-order valence-corrected chi connectivity index (χ2v) is 5.21. The number of hydrogen-bond acceptors (Lipinski definition) is 3. The first-order valence-electron chi connectivity index (χ1n) is 4.82. The van der Waals surface area contributed by atoms with E-state index in [1.807, 2.05) is 19.9 Å². The van der Waals surface area contributed by atoms with Gasteiger partial charge in [0.05, 0.1) is 5.38 Å². The lowest BCUT2D eigenvalue weighted by Gasteiger charge is -1.99. The topological polar surface area (TPSA) is 25.8 Å². The number of nitrogens with zero attached hydrogens (tertiary/aromatic N) is 2. The van der Waals surface area contributed by atoms with Gasteiger partial charge in [-0.1, -0.05) is 17.4 Å². The number of benzene rings is 1. The Morgan fingerprint density at radius 3 is 2.69 bits per heavy atom. The van der Waals surface area contributed by atoms with Crippen molar-refractivity contribution in [2.75, 3.05) is 0 Å². The number of rotatable bonds is 2. The SMILES string of the molecule is Cc1ccc(-c2nnc(C(C)Cl)s2)c(F)c1. The molecule has 0 saturated carbocycles. The number of aromatic nitrogens is 2. The molecule has 0 spiro atoms. The van der Waals surface area contributed by atoms with Gasteiger partial charge < -0.3 is 0 Å². The normalized spacial score (nSPS) is 12.8. The highest BCUT2D eigenvalue weighted by Crippen LogP contribution is 2.30. The van der Waals surface area contributed by atoms with Crippen LogP contribution in [0.15, 0.2) is 18.2 Å². The molecule has 5 heteroatoms. The number of aryl methyl sites for hydroxylation is 1. The van der Waals surface area contributed by atoms with Crippen LogP contribution < -0.4 is 0 Å². The highest BCUT2D eigenvalue weighted by Gasteiger charge is 2.13. The van der Waals surface area contributed by atoms with Gasteiger partial charge in [-0.05, 0) is 31.5 Å². The molecule has 0 saturated heterocycles. The van der Waals surface area contributed by atoms with Crippen molar-refractivity contribution in [3.05, 3.63) is 34.6 Å². The maximum Gasteiger partial charge on any atom is 0.150 e. The number of alkyl halides is 1. The molecule has 1 heterocycles. The molecule has 0 radical (unpaired) electrons. The minimum absolute atomic E-state index is 0.195. The van der Waals surface area contributed by atoms with Crippen LogP contribution >= 0.6 is 22.9 Å². The summed E-state index contributed by atoms with van der Waals surface area (Å²) in [6, 6.07) is 5.05. The maximum absolute atomic E-state index is 13.7. The van der Waals surface area contributed by atoms with Crippen LogP contribution in [0.4, 0.5) is 4.39 Å². The predicted molar refractivity (Wildman–Crippen MR) is 64.3 cm³/mol. The molecule has 0 aliphatic heterocycles. The maximum atomic E-state index is 13.7. The Morgan fingerprint density at radius 2 is 2.12 bits per heavy atom. The summed E-state index contributed by atoms with van der Waals surface area (Å²) in [5, 5.41) is 8.95. The van der Waals surface area contributed by atoms with E-state index in [0.717, 1.165) is 5.56 Å². The van der Waals surface area contributed by atoms with Crippen molar-refractivity contribution in [3.63, 3.8) is 0 Å². The zero-order valence-corrected chi connectivity index (χ0v) is 10.4. The monoisotopic (exact) mass is 256 g/mol. The summed E-state index contributed by atoms with van der Waals surface area (Å²) < 4.78 is 13.7. The molecule has 0 aliphatic rings. The van der Waals surface area contributed by atoms with Crippen LogP contribution in [0.3, 0.4) is 0 Å². The Morgan fingerprint density at radius 1 is 1.38 bits per heavy atom. The summed E-state index contributed by atoms with van der Waals surface area (Å²) in [5.74, 6) is -0.273. The van der Waals surface area contributed by atoms with Crippen molar-refractivity contribution in [3.8, 4) is 10.6 Å². The summed E-state index contributed by atoms with van der Waals surface area (Å²) in [4.78, 5) is 0. The van der Waals surface area contributed by atoms with Crippen molar-refractivity contribution in [1.29, 1.82) is 0 Å². The van der Waals surface area contributed by atoms with Crippen LogP contribution in [0, 0.1) is 12.7 Å². The lowest BCUT2D eigenvalue weighted by Crippen LogP contribution is -1.85. The van der Waals surface area contributed by atoms with Gasteiger partial charge in [0.15, 0.2) is 5.01 Å². The Kier molecular flexibility index (Phi) is 3.21. The quantitative estimate of drug-likeness (QED) is 0.761. The van der Waals surface area contributed by atoms with Crippen LogP contribution in [0.5, 0.6) is 0 Å². The molecule has 1 aromatic heterocycles. The van der Waals surface area contributed by atoms with Crippen molar-refractivity contribution in [1.82, 2.24) is 10.2 Å². The van der Waals surface area contributed by atoms with Gasteiger partial charge in [0.25, 0.3) is 0 Å². The largest absolute Gasteiger partial charge is 0.206 e. The highest BCUT2D eigenvalue weighted by molar-refractivity contribution is 7.15. The third-order valence-electron chi connectivity index (χ3n) is 2.14. The van der Waals surface area contributed by atoms with Gasteiger partial charge in [0.1, 0.15) is 10.8 Å². The first kappa shape index (κ1) is 11.5. The Labute approximate surface area is 102 Å². The zero-order chi connectivity index (χ0) is 11.7. The molecule has 0 N–H and O–H groups in total. The fourth-order valence-electron chi connectivity index (χ4n) is 1.30. The van der Waals surface area contributed by atoms with E-state index >= 15 is 0 Å². The molecule has 84 valence electrons. The van der Waals surface area contributed by atoms with Crippen molar-refractivity contribution in [2.24, 2.45) is 0 Å². The third kappa shape index (κ3) is 2.23. The van der Waals surface area contributed by atoms with Crippen LogP contribution in [0.1, 0.15) is 22.9 Å². The van der Waals surface area contributed by atoms with Gasteiger partial charge >= 0.3 is 0 Å². The van der Waals surface area contributed by atoms with Gasteiger partial charge in [-0.2, -0.15) is 0 Å². The molecule has 16 heavy (non-hydrogen) atoms. The molecule has 1 aromatic carbocycles. The van der Waals surface area contributed by atoms with E-state index in [9.17, 15) is 4.39 Å². The van der Waals surface area contributed by atoms with E-state index in [-0.39, 0.29) is 11.2 Å². The molecule has 0 amide bonds. The van der Waals surface area contributed by atoms with E-state index in [2.05, 4.69) is 10.2 Å². The standard InChI is InChI=1S/C11H10ClFN2S/c1-6-3-4-8(9(13)5-6)11-15-14-10(16-11)7(2)12/h3-5,7H,1-2H3. The molecule has 2 aromatic rings. The number of halogens is 2. The highest BCUT2D eigenvalue weighted by atomic mass is 35.5. The minimum Gasteiger partial charge on any atom is -0.206 e. The summed E-state index contributed by atoms with van der Waals surface area (Å²) in [5.41, 5.74) is 1.36. The molecule has 0 fully saturated rings. The number of hydrogen-bond donors (Lipinski definition) is 0. The van der Waals surface area contributed by atoms with Gasteiger partial charge in [-0.15, -0.1) is 21.8 Å². The van der Waals surface area contributed by atoms with Crippen molar-refractivity contribution < 1.29 is 4.39 Å².